The van der Waals surface area contributed by atoms with Crippen molar-refractivity contribution in [3.63, 3.8) is 0 Å². The van der Waals surface area contributed by atoms with Crippen LogP contribution in [0.4, 0.5) is 0 Å². The van der Waals surface area contributed by atoms with E-state index in [1.165, 1.54) is 25.7 Å². The molecule has 1 heterocycles. The molecule has 0 radical (unpaired) electrons. The lowest BCUT2D eigenvalue weighted by molar-refractivity contribution is 0.0575. The first-order chi connectivity index (χ1) is 6.80. The Bertz CT molecular complexity index is 198. The summed E-state index contributed by atoms with van der Waals surface area (Å²) < 4.78 is 0. The van der Waals surface area contributed by atoms with E-state index in [1.807, 2.05) is 0 Å². The van der Waals surface area contributed by atoms with Crippen molar-refractivity contribution in [3.05, 3.63) is 0 Å². The highest BCUT2D eigenvalue weighted by atomic mass is 16.3. The van der Waals surface area contributed by atoms with Crippen LogP contribution in [0.5, 0.6) is 0 Å². The third kappa shape index (κ3) is 1.69. The number of hydrogen-bond acceptors (Lipinski definition) is 3. The first kappa shape index (κ1) is 10.4. The van der Waals surface area contributed by atoms with Gasteiger partial charge in [0.1, 0.15) is 0 Å². The van der Waals surface area contributed by atoms with Gasteiger partial charge in [-0.1, -0.05) is 12.8 Å². The molecule has 2 rings (SSSR count). The fourth-order valence-corrected chi connectivity index (χ4v) is 3.26. The second-order valence-corrected chi connectivity index (χ2v) is 4.92. The smallest absolute Gasteiger partial charge is 0.0558 e. The molecule has 0 aromatic heterocycles. The van der Waals surface area contributed by atoms with Crippen LogP contribution in [-0.4, -0.2) is 48.0 Å². The van der Waals surface area contributed by atoms with Crippen LogP contribution in [0.1, 0.15) is 25.7 Å². The Labute approximate surface area is 85.7 Å². The molecule has 14 heavy (non-hydrogen) atoms. The lowest BCUT2D eigenvalue weighted by atomic mass is 9.69. The monoisotopic (exact) mass is 199 g/mol. The number of aliphatic hydroxyl groups is 2. The van der Waals surface area contributed by atoms with Gasteiger partial charge in [0, 0.05) is 25.0 Å². The number of β-amino-alcohol motifs (C(OH)–C–C–N with tert-alkyl or cyclic N) is 1. The first-order valence-corrected chi connectivity index (χ1v) is 5.75. The van der Waals surface area contributed by atoms with Gasteiger partial charge in [-0.2, -0.15) is 0 Å². The van der Waals surface area contributed by atoms with Crippen molar-refractivity contribution in [2.24, 2.45) is 11.3 Å². The summed E-state index contributed by atoms with van der Waals surface area (Å²) in [5, 5.41) is 18.5. The second-order valence-electron chi connectivity index (χ2n) is 4.92. The molecule has 0 unspecified atom stereocenters. The Morgan fingerprint density at radius 2 is 2.14 bits per heavy atom. The Morgan fingerprint density at radius 3 is 2.79 bits per heavy atom. The third-order valence-corrected chi connectivity index (χ3v) is 4.09. The number of fused-ring (bicyclic) bond motifs is 1. The van der Waals surface area contributed by atoms with Crippen LogP contribution in [-0.2, 0) is 0 Å². The fraction of sp³-hybridized carbons (Fsp3) is 1.00. The Balaban J connectivity index is 2.03. The number of hydrogen-bond donors (Lipinski definition) is 2. The van der Waals surface area contributed by atoms with Crippen LogP contribution in [0.15, 0.2) is 0 Å². The molecule has 1 aliphatic heterocycles. The molecule has 1 saturated heterocycles. The summed E-state index contributed by atoms with van der Waals surface area (Å²) in [5.41, 5.74) is 0.174. The van der Waals surface area contributed by atoms with Gasteiger partial charge < -0.3 is 15.1 Å². The van der Waals surface area contributed by atoms with Gasteiger partial charge >= 0.3 is 0 Å². The van der Waals surface area contributed by atoms with E-state index in [9.17, 15) is 5.11 Å². The molecule has 82 valence electrons. The van der Waals surface area contributed by atoms with Gasteiger partial charge in [-0.25, -0.2) is 0 Å². The highest BCUT2D eigenvalue weighted by Crippen LogP contribution is 2.46. The van der Waals surface area contributed by atoms with Gasteiger partial charge in [-0.3, -0.25) is 0 Å². The van der Waals surface area contributed by atoms with E-state index in [2.05, 4.69) is 4.90 Å². The van der Waals surface area contributed by atoms with Crippen molar-refractivity contribution < 1.29 is 10.2 Å². The fourth-order valence-electron chi connectivity index (χ4n) is 3.26. The molecular formula is C11H21NO2. The minimum Gasteiger partial charge on any atom is -0.396 e. The van der Waals surface area contributed by atoms with Crippen LogP contribution < -0.4 is 0 Å². The van der Waals surface area contributed by atoms with E-state index in [0.717, 1.165) is 19.6 Å². The SMILES string of the molecule is OCCN1C[C@@H]2CCCC[C@@]2(CO)C1. The summed E-state index contributed by atoms with van der Waals surface area (Å²) in [6, 6.07) is 0. The normalized spacial score (nSPS) is 38.6. The van der Waals surface area contributed by atoms with Gasteiger partial charge in [0.25, 0.3) is 0 Å². The quantitative estimate of drug-likeness (QED) is 0.694. The molecule has 2 fully saturated rings. The maximum atomic E-state index is 9.55. The maximum Gasteiger partial charge on any atom is 0.0558 e. The third-order valence-electron chi connectivity index (χ3n) is 4.09. The second kappa shape index (κ2) is 4.17. The standard InChI is InChI=1S/C11H21NO2/c13-6-5-12-7-10-3-1-2-4-11(10,8-12)9-14/h10,13-14H,1-9H2/t10-,11-/m0/s1. The van der Waals surface area contributed by atoms with Crippen LogP contribution >= 0.6 is 0 Å². The average molecular weight is 199 g/mol. The van der Waals surface area contributed by atoms with Crippen molar-refractivity contribution >= 4 is 0 Å². The van der Waals surface area contributed by atoms with Crippen molar-refractivity contribution in [1.29, 1.82) is 0 Å². The molecule has 3 heteroatoms. The Morgan fingerprint density at radius 1 is 1.29 bits per heavy atom. The zero-order valence-corrected chi connectivity index (χ0v) is 8.78. The van der Waals surface area contributed by atoms with Crippen LogP contribution in [0.2, 0.25) is 0 Å². The highest BCUT2D eigenvalue weighted by molar-refractivity contribution is 4.98. The molecule has 0 spiro atoms. The van der Waals surface area contributed by atoms with E-state index in [0.29, 0.717) is 12.5 Å². The summed E-state index contributed by atoms with van der Waals surface area (Å²) in [4.78, 5) is 2.31. The van der Waals surface area contributed by atoms with Crippen LogP contribution in [0.3, 0.4) is 0 Å². The van der Waals surface area contributed by atoms with Gasteiger partial charge in [0.15, 0.2) is 0 Å². The van der Waals surface area contributed by atoms with E-state index in [1.54, 1.807) is 0 Å². The summed E-state index contributed by atoms with van der Waals surface area (Å²) in [7, 11) is 0. The maximum absolute atomic E-state index is 9.55. The zero-order valence-electron chi connectivity index (χ0n) is 8.78. The zero-order chi connectivity index (χ0) is 10.0. The minimum atomic E-state index is 0.174. The predicted octanol–water partition coefficient (Wildman–Crippen LogP) is 0.463. The number of nitrogens with zero attached hydrogens (tertiary/aromatic N) is 1. The molecule has 2 aliphatic rings. The number of likely N-dealkylation sites (tertiary alicyclic amines) is 1. The molecule has 0 bridgehead atoms. The lowest BCUT2D eigenvalue weighted by Crippen LogP contribution is -2.37. The van der Waals surface area contributed by atoms with E-state index < -0.39 is 0 Å². The molecule has 3 nitrogen and oxygen atoms in total. The minimum absolute atomic E-state index is 0.174. The van der Waals surface area contributed by atoms with Gasteiger partial charge in [-0.15, -0.1) is 0 Å². The summed E-state index contributed by atoms with van der Waals surface area (Å²) >= 11 is 0. The molecule has 1 aliphatic carbocycles. The van der Waals surface area contributed by atoms with E-state index >= 15 is 0 Å². The van der Waals surface area contributed by atoms with Gasteiger partial charge in [-0.05, 0) is 18.8 Å². The largest absolute Gasteiger partial charge is 0.396 e. The molecule has 2 N–H and O–H groups in total. The van der Waals surface area contributed by atoms with E-state index in [4.69, 9.17) is 5.11 Å². The van der Waals surface area contributed by atoms with Crippen LogP contribution in [0.25, 0.3) is 0 Å². The van der Waals surface area contributed by atoms with Crippen molar-refractivity contribution in [2.75, 3.05) is 32.8 Å². The summed E-state index contributed by atoms with van der Waals surface area (Å²) in [6.45, 7) is 3.43. The topological polar surface area (TPSA) is 43.7 Å². The van der Waals surface area contributed by atoms with Crippen molar-refractivity contribution in [2.45, 2.75) is 25.7 Å². The average Bonchev–Trinajstić information content (AvgIpc) is 2.57. The lowest BCUT2D eigenvalue weighted by Gasteiger charge is -2.36. The summed E-state index contributed by atoms with van der Waals surface area (Å²) in [6.07, 6.45) is 5.03. The van der Waals surface area contributed by atoms with Crippen molar-refractivity contribution in [1.82, 2.24) is 4.90 Å². The van der Waals surface area contributed by atoms with Crippen molar-refractivity contribution in [3.8, 4) is 0 Å². The predicted molar refractivity (Wildman–Crippen MR) is 55.0 cm³/mol. The molecule has 2 atom stereocenters. The van der Waals surface area contributed by atoms with E-state index in [-0.39, 0.29) is 12.0 Å². The Kier molecular flexibility index (Phi) is 3.10. The van der Waals surface area contributed by atoms with Gasteiger partial charge in [0.2, 0.25) is 0 Å². The highest BCUT2D eigenvalue weighted by Gasteiger charge is 2.46. The van der Waals surface area contributed by atoms with Crippen LogP contribution in [0, 0.1) is 11.3 Å². The molecule has 0 amide bonds. The molecule has 0 aromatic carbocycles. The molecule has 0 aromatic rings. The Hall–Kier alpha value is -0.120. The number of rotatable bonds is 3. The number of aliphatic hydroxyl groups excluding tert-OH is 2. The molecule has 1 saturated carbocycles. The molecular weight excluding hydrogens is 178 g/mol. The summed E-state index contributed by atoms with van der Waals surface area (Å²) in [5.74, 6) is 0.674. The first-order valence-electron chi connectivity index (χ1n) is 5.75. The van der Waals surface area contributed by atoms with Gasteiger partial charge in [0.05, 0.1) is 13.2 Å².